The van der Waals surface area contributed by atoms with Crippen molar-refractivity contribution in [1.29, 1.82) is 0 Å². The maximum absolute atomic E-state index is 12.5. The number of hydrogen-bond donors (Lipinski definition) is 1. The summed E-state index contributed by atoms with van der Waals surface area (Å²) in [6, 6.07) is 14.0. The summed E-state index contributed by atoms with van der Waals surface area (Å²) in [6.07, 6.45) is 0. The van der Waals surface area contributed by atoms with E-state index in [1.54, 1.807) is 11.3 Å². The fourth-order valence-corrected chi connectivity index (χ4v) is 3.84. The Morgan fingerprint density at radius 1 is 1.10 bits per heavy atom. The Hall–Kier alpha value is -3.19. The molecule has 1 N–H and O–H groups in total. The van der Waals surface area contributed by atoms with E-state index in [9.17, 15) is 4.79 Å². The third-order valence-electron chi connectivity index (χ3n) is 4.87. The van der Waals surface area contributed by atoms with Crippen LogP contribution in [0.25, 0.3) is 22.2 Å². The Morgan fingerprint density at radius 3 is 2.59 bits per heavy atom. The standard InChI is InChI=1S/C22H22N4O2S/c1-14-6-8-17(9-7-14)12-23-20(27)13-26-15(2)11-18(16(26)3)21-24-25-22(28-21)19-5-4-10-29-19/h4-11H,12-13H2,1-3H3,(H,23,27). The molecule has 1 aromatic carbocycles. The van der Waals surface area contributed by atoms with Crippen molar-refractivity contribution in [2.45, 2.75) is 33.9 Å². The highest BCUT2D eigenvalue weighted by molar-refractivity contribution is 7.13. The molecule has 0 aliphatic heterocycles. The number of benzene rings is 1. The van der Waals surface area contributed by atoms with Gasteiger partial charge in [0.2, 0.25) is 11.8 Å². The minimum Gasteiger partial charge on any atom is -0.415 e. The maximum atomic E-state index is 12.5. The third-order valence-corrected chi connectivity index (χ3v) is 5.73. The summed E-state index contributed by atoms with van der Waals surface area (Å²) in [7, 11) is 0. The van der Waals surface area contributed by atoms with Gasteiger partial charge >= 0.3 is 0 Å². The number of carbonyl (C=O) groups is 1. The number of rotatable bonds is 6. The molecule has 0 atom stereocenters. The van der Waals surface area contributed by atoms with E-state index >= 15 is 0 Å². The van der Waals surface area contributed by atoms with Crippen LogP contribution in [0, 0.1) is 20.8 Å². The Labute approximate surface area is 173 Å². The lowest BCUT2D eigenvalue weighted by Crippen LogP contribution is -2.27. The fraction of sp³-hybridized carbons (Fsp3) is 0.227. The first-order valence-electron chi connectivity index (χ1n) is 9.38. The molecule has 29 heavy (non-hydrogen) atoms. The van der Waals surface area contributed by atoms with Gasteiger partial charge in [0.05, 0.1) is 10.4 Å². The number of aryl methyl sites for hydroxylation is 2. The molecule has 0 fully saturated rings. The second kappa shape index (κ2) is 8.05. The van der Waals surface area contributed by atoms with E-state index in [1.807, 2.05) is 73.2 Å². The van der Waals surface area contributed by atoms with Crippen LogP contribution in [0.5, 0.6) is 0 Å². The molecule has 6 nitrogen and oxygen atoms in total. The summed E-state index contributed by atoms with van der Waals surface area (Å²) in [5, 5.41) is 13.3. The van der Waals surface area contributed by atoms with Crippen LogP contribution in [0.15, 0.2) is 52.3 Å². The van der Waals surface area contributed by atoms with Gasteiger partial charge in [-0.1, -0.05) is 35.9 Å². The van der Waals surface area contributed by atoms with E-state index in [0.717, 1.165) is 27.4 Å². The first-order valence-corrected chi connectivity index (χ1v) is 10.3. The minimum absolute atomic E-state index is 0.0382. The average molecular weight is 407 g/mol. The number of carbonyl (C=O) groups excluding carboxylic acids is 1. The van der Waals surface area contributed by atoms with E-state index in [1.165, 1.54) is 5.56 Å². The molecule has 4 rings (SSSR count). The zero-order valence-electron chi connectivity index (χ0n) is 16.6. The lowest BCUT2D eigenvalue weighted by atomic mass is 10.1. The van der Waals surface area contributed by atoms with Gasteiger partial charge in [-0.25, -0.2) is 0 Å². The quantitative estimate of drug-likeness (QED) is 0.511. The number of thiophene rings is 1. The fourth-order valence-electron chi connectivity index (χ4n) is 3.20. The van der Waals surface area contributed by atoms with Crippen molar-refractivity contribution in [3.05, 3.63) is 70.4 Å². The van der Waals surface area contributed by atoms with Crippen LogP contribution in [-0.2, 0) is 17.9 Å². The van der Waals surface area contributed by atoms with Crippen LogP contribution in [-0.4, -0.2) is 20.7 Å². The van der Waals surface area contributed by atoms with Crippen LogP contribution in [0.3, 0.4) is 0 Å². The number of aromatic nitrogens is 3. The largest absolute Gasteiger partial charge is 0.415 e. The first kappa shape index (κ1) is 19.1. The molecule has 0 bridgehead atoms. The van der Waals surface area contributed by atoms with Crippen LogP contribution in [0.4, 0.5) is 0 Å². The van der Waals surface area contributed by atoms with Crippen molar-refractivity contribution in [2.24, 2.45) is 0 Å². The molecule has 0 aliphatic rings. The van der Waals surface area contributed by atoms with E-state index in [-0.39, 0.29) is 12.5 Å². The molecule has 0 unspecified atom stereocenters. The van der Waals surface area contributed by atoms with Crippen LogP contribution >= 0.6 is 11.3 Å². The molecular weight excluding hydrogens is 384 g/mol. The molecule has 0 saturated heterocycles. The highest BCUT2D eigenvalue weighted by atomic mass is 32.1. The molecule has 0 saturated carbocycles. The summed E-state index contributed by atoms with van der Waals surface area (Å²) in [5.74, 6) is 0.937. The lowest BCUT2D eigenvalue weighted by Gasteiger charge is -2.10. The summed E-state index contributed by atoms with van der Waals surface area (Å²) >= 11 is 1.56. The Bertz CT molecular complexity index is 1120. The molecule has 0 aliphatic carbocycles. The highest BCUT2D eigenvalue weighted by Crippen LogP contribution is 2.30. The SMILES string of the molecule is Cc1ccc(CNC(=O)Cn2c(C)cc(-c3nnc(-c4cccs4)o3)c2C)cc1. The molecule has 3 aromatic heterocycles. The van der Waals surface area contributed by atoms with Gasteiger partial charge in [-0.3, -0.25) is 4.79 Å². The molecule has 0 radical (unpaired) electrons. The molecule has 1 amide bonds. The maximum Gasteiger partial charge on any atom is 0.258 e. The van der Waals surface area contributed by atoms with E-state index in [0.29, 0.717) is 18.3 Å². The Morgan fingerprint density at radius 2 is 1.86 bits per heavy atom. The number of nitrogens with one attached hydrogen (secondary N) is 1. The second-order valence-corrected chi connectivity index (χ2v) is 7.97. The van der Waals surface area contributed by atoms with Gasteiger partial charge in [-0.15, -0.1) is 21.5 Å². The third kappa shape index (κ3) is 4.14. The van der Waals surface area contributed by atoms with E-state index in [2.05, 4.69) is 15.5 Å². The first-order chi connectivity index (χ1) is 14.0. The molecule has 0 spiro atoms. The van der Waals surface area contributed by atoms with Crippen molar-refractivity contribution in [3.63, 3.8) is 0 Å². The van der Waals surface area contributed by atoms with Crippen molar-refractivity contribution in [1.82, 2.24) is 20.1 Å². The number of amides is 1. The van der Waals surface area contributed by atoms with Gasteiger partial charge in [0.1, 0.15) is 6.54 Å². The monoisotopic (exact) mass is 406 g/mol. The zero-order chi connectivity index (χ0) is 20.4. The predicted octanol–water partition coefficient (Wildman–Crippen LogP) is 4.51. The van der Waals surface area contributed by atoms with Crippen molar-refractivity contribution < 1.29 is 9.21 Å². The minimum atomic E-state index is -0.0382. The molecule has 7 heteroatoms. The number of hydrogen-bond acceptors (Lipinski definition) is 5. The van der Waals surface area contributed by atoms with Gasteiger partial charge in [0.25, 0.3) is 5.89 Å². The average Bonchev–Trinajstić information content (AvgIpc) is 3.44. The van der Waals surface area contributed by atoms with E-state index in [4.69, 9.17) is 4.42 Å². The second-order valence-electron chi connectivity index (χ2n) is 7.02. The summed E-state index contributed by atoms with van der Waals surface area (Å²) in [4.78, 5) is 13.4. The predicted molar refractivity (Wildman–Crippen MR) is 114 cm³/mol. The Balaban J connectivity index is 1.47. The molecule has 3 heterocycles. The van der Waals surface area contributed by atoms with Gasteiger partial charge in [0, 0.05) is 17.9 Å². The normalized spacial score (nSPS) is 11.0. The van der Waals surface area contributed by atoms with Gasteiger partial charge in [-0.2, -0.15) is 0 Å². The van der Waals surface area contributed by atoms with Crippen LogP contribution in [0.2, 0.25) is 0 Å². The summed E-state index contributed by atoms with van der Waals surface area (Å²) < 4.78 is 7.82. The smallest absolute Gasteiger partial charge is 0.258 e. The Kier molecular flexibility index (Phi) is 5.31. The van der Waals surface area contributed by atoms with Gasteiger partial charge in [-0.05, 0) is 43.8 Å². The summed E-state index contributed by atoms with van der Waals surface area (Å²) in [6.45, 7) is 6.74. The van der Waals surface area contributed by atoms with E-state index < -0.39 is 0 Å². The zero-order valence-corrected chi connectivity index (χ0v) is 17.4. The van der Waals surface area contributed by atoms with Crippen molar-refractivity contribution in [2.75, 3.05) is 0 Å². The van der Waals surface area contributed by atoms with Crippen molar-refractivity contribution >= 4 is 17.2 Å². The van der Waals surface area contributed by atoms with Crippen LogP contribution < -0.4 is 5.32 Å². The topological polar surface area (TPSA) is 73.0 Å². The molecular formula is C22H22N4O2S. The highest BCUT2D eigenvalue weighted by Gasteiger charge is 2.18. The molecule has 4 aromatic rings. The van der Waals surface area contributed by atoms with Crippen molar-refractivity contribution in [3.8, 4) is 22.2 Å². The summed E-state index contributed by atoms with van der Waals surface area (Å²) in [5.41, 5.74) is 5.03. The van der Waals surface area contributed by atoms with Gasteiger partial charge in [0.15, 0.2) is 0 Å². The van der Waals surface area contributed by atoms with Crippen LogP contribution in [0.1, 0.15) is 22.5 Å². The molecule has 148 valence electrons. The van der Waals surface area contributed by atoms with Gasteiger partial charge < -0.3 is 14.3 Å². The number of nitrogens with zero attached hydrogens (tertiary/aromatic N) is 3. The lowest BCUT2D eigenvalue weighted by molar-refractivity contribution is -0.121.